The van der Waals surface area contributed by atoms with Gasteiger partial charge in [-0.15, -0.1) is 0 Å². The fraction of sp³-hybridized carbons (Fsp3) is 0.333. The van der Waals surface area contributed by atoms with E-state index < -0.39 is 5.97 Å². The van der Waals surface area contributed by atoms with Gasteiger partial charge in [0.1, 0.15) is 5.69 Å². The van der Waals surface area contributed by atoms with Crippen LogP contribution in [0.3, 0.4) is 0 Å². The highest BCUT2D eigenvalue weighted by Crippen LogP contribution is 2.25. The molecule has 0 amide bonds. The minimum Gasteiger partial charge on any atom is -0.464 e. The number of rotatable bonds is 2. The molecule has 1 aromatic heterocycles. The van der Waals surface area contributed by atoms with E-state index in [2.05, 4.69) is 47.8 Å². The zero-order chi connectivity index (χ0) is 14.0. The van der Waals surface area contributed by atoms with Crippen LogP contribution in [-0.2, 0) is 10.2 Å². The van der Waals surface area contributed by atoms with Crippen LogP contribution in [0.1, 0.15) is 36.8 Å². The molecule has 0 unspecified atom stereocenters. The lowest BCUT2D eigenvalue weighted by molar-refractivity contribution is 0.0594. The molecule has 0 atom stereocenters. The average molecular weight is 258 g/mol. The van der Waals surface area contributed by atoms with Crippen molar-refractivity contribution in [2.24, 2.45) is 0 Å². The zero-order valence-corrected chi connectivity index (χ0v) is 11.7. The summed E-state index contributed by atoms with van der Waals surface area (Å²) < 4.78 is 4.64. The van der Waals surface area contributed by atoms with Crippen LogP contribution in [-0.4, -0.2) is 23.3 Å². The van der Waals surface area contributed by atoms with Gasteiger partial charge in [0, 0.05) is 5.56 Å². The van der Waals surface area contributed by atoms with E-state index in [1.165, 1.54) is 12.7 Å². The third-order valence-corrected chi connectivity index (χ3v) is 3.03. The van der Waals surface area contributed by atoms with E-state index in [0.717, 1.165) is 11.3 Å². The van der Waals surface area contributed by atoms with Crippen LogP contribution in [0.5, 0.6) is 0 Å². The average Bonchev–Trinajstić information content (AvgIpc) is 2.86. The third-order valence-electron chi connectivity index (χ3n) is 3.03. The van der Waals surface area contributed by atoms with Crippen molar-refractivity contribution in [1.82, 2.24) is 10.2 Å². The molecule has 100 valence electrons. The summed E-state index contributed by atoms with van der Waals surface area (Å²) in [4.78, 5) is 11.4. The number of aromatic amines is 1. The smallest absolute Gasteiger partial charge is 0.356 e. The first-order chi connectivity index (χ1) is 8.91. The SMILES string of the molecule is COC(=O)c1cc(-c2ccc(C(C)(C)C)cc2)n[nH]1. The van der Waals surface area contributed by atoms with Gasteiger partial charge in [-0.05, 0) is 17.0 Å². The molecule has 1 heterocycles. The van der Waals surface area contributed by atoms with Gasteiger partial charge in [-0.2, -0.15) is 5.10 Å². The zero-order valence-electron chi connectivity index (χ0n) is 11.7. The molecule has 0 radical (unpaired) electrons. The Kier molecular flexibility index (Phi) is 3.42. The fourth-order valence-corrected chi connectivity index (χ4v) is 1.83. The molecule has 1 aromatic carbocycles. The summed E-state index contributed by atoms with van der Waals surface area (Å²) in [6, 6.07) is 9.89. The molecule has 0 aliphatic heterocycles. The number of hydrogen-bond donors (Lipinski definition) is 1. The molecule has 1 N–H and O–H groups in total. The highest BCUT2D eigenvalue weighted by molar-refractivity contribution is 5.88. The second-order valence-corrected chi connectivity index (χ2v) is 5.49. The minimum atomic E-state index is -0.412. The lowest BCUT2D eigenvalue weighted by Crippen LogP contribution is -2.10. The van der Waals surface area contributed by atoms with Gasteiger partial charge in [-0.25, -0.2) is 4.79 Å². The lowest BCUT2D eigenvalue weighted by atomic mass is 9.86. The monoisotopic (exact) mass is 258 g/mol. The van der Waals surface area contributed by atoms with E-state index in [-0.39, 0.29) is 5.41 Å². The molecule has 0 spiro atoms. The molecule has 0 fully saturated rings. The molecule has 0 saturated carbocycles. The maximum absolute atomic E-state index is 11.4. The summed E-state index contributed by atoms with van der Waals surface area (Å²) in [7, 11) is 1.35. The molecule has 0 aliphatic rings. The Hall–Kier alpha value is -2.10. The summed E-state index contributed by atoms with van der Waals surface area (Å²) >= 11 is 0. The molecular weight excluding hydrogens is 240 g/mol. The first-order valence-electron chi connectivity index (χ1n) is 6.16. The topological polar surface area (TPSA) is 55.0 Å². The number of benzene rings is 1. The van der Waals surface area contributed by atoms with Gasteiger partial charge in [0.25, 0.3) is 0 Å². The Morgan fingerprint density at radius 2 is 1.84 bits per heavy atom. The standard InChI is InChI=1S/C15H18N2O2/c1-15(2,3)11-7-5-10(6-8-11)12-9-13(17-16-12)14(18)19-4/h5-9H,1-4H3,(H,16,17). The molecule has 19 heavy (non-hydrogen) atoms. The van der Waals surface area contributed by atoms with Crippen LogP contribution in [0.4, 0.5) is 0 Å². The molecule has 0 bridgehead atoms. The predicted molar refractivity (Wildman–Crippen MR) is 74.1 cm³/mol. The van der Waals surface area contributed by atoms with Crippen LogP contribution in [0.2, 0.25) is 0 Å². The quantitative estimate of drug-likeness (QED) is 0.842. The first kappa shape index (κ1) is 13.3. The Bertz CT molecular complexity index is 577. The summed E-state index contributed by atoms with van der Waals surface area (Å²) in [6.45, 7) is 6.52. The Morgan fingerprint density at radius 1 is 1.21 bits per heavy atom. The number of H-pyrrole nitrogens is 1. The van der Waals surface area contributed by atoms with Crippen molar-refractivity contribution in [1.29, 1.82) is 0 Å². The molecule has 4 nitrogen and oxygen atoms in total. The molecule has 2 aromatic rings. The van der Waals surface area contributed by atoms with E-state index >= 15 is 0 Å². The van der Waals surface area contributed by atoms with Crippen LogP contribution in [0, 0.1) is 0 Å². The number of ether oxygens (including phenoxy) is 1. The van der Waals surface area contributed by atoms with Crippen LogP contribution < -0.4 is 0 Å². The minimum absolute atomic E-state index is 0.126. The highest BCUT2D eigenvalue weighted by Gasteiger charge is 2.14. The lowest BCUT2D eigenvalue weighted by Gasteiger charge is -2.18. The van der Waals surface area contributed by atoms with Gasteiger partial charge >= 0.3 is 5.97 Å². The van der Waals surface area contributed by atoms with Gasteiger partial charge in [0.2, 0.25) is 0 Å². The number of nitrogens with one attached hydrogen (secondary N) is 1. The summed E-state index contributed by atoms with van der Waals surface area (Å²) in [5.41, 5.74) is 3.46. The molecule has 4 heteroatoms. The first-order valence-corrected chi connectivity index (χ1v) is 6.16. The second-order valence-electron chi connectivity index (χ2n) is 5.49. The fourth-order valence-electron chi connectivity index (χ4n) is 1.83. The summed E-state index contributed by atoms with van der Waals surface area (Å²) in [5.74, 6) is -0.412. The largest absolute Gasteiger partial charge is 0.464 e. The van der Waals surface area contributed by atoms with Gasteiger partial charge in [-0.1, -0.05) is 45.0 Å². The van der Waals surface area contributed by atoms with E-state index in [1.54, 1.807) is 6.07 Å². The van der Waals surface area contributed by atoms with E-state index in [1.807, 2.05) is 12.1 Å². The Balaban J connectivity index is 2.28. The summed E-state index contributed by atoms with van der Waals surface area (Å²) in [5, 5.41) is 6.80. The number of carbonyl (C=O) groups is 1. The molecule has 0 aliphatic carbocycles. The highest BCUT2D eigenvalue weighted by atomic mass is 16.5. The number of methoxy groups -OCH3 is 1. The van der Waals surface area contributed by atoms with Crippen LogP contribution in [0.15, 0.2) is 30.3 Å². The van der Waals surface area contributed by atoms with Crippen molar-refractivity contribution in [3.05, 3.63) is 41.6 Å². The third kappa shape index (κ3) is 2.84. The van der Waals surface area contributed by atoms with Gasteiger partial charge in [0.15, 0.2) is 0 Å². The number of esters is 1. The van der Waals surface area contributed by atoms with Crippen LogP contribution in [0.25, 0.3) is 11.3 Å². The van der Waals surface area contributed by atoms with Gasteiger partial charge < -0.3 is 4.74 Å². The number of nitrogens with zero attached hydrogens (tertiary/aromatic N) is 1. The maximum Gasteiger partial charge on any atom is 0.356 e. The normalized spacial score (nSPS) is 11.4. The molecular formula is C15H18N2O2. The predicted octanol–water partition coefficient (Wildman–Crippen LogP) is 3.16. The molecule has 2 rings (SSSR count). The van der Waals surface area contributed by atoms with Crippen molar-refractivity contribution in [3.8, 4) is 11.3 Å². The summed E-state index contributed by atoms with van der Waals surface area (Å²) in [6.07, 6.45) is 0. The molecule has 0 saturated heterocycles. The van der Waals surface area contributed by atoms with Crippen molar-refractivity contribution in [3.63, 3.8) is 0 Å². The van der Waals surface area contributed by atoms with E-state index in [9.17, 15) is 4.79 Å². The van der Waals surface area contributed by atoms with E-state index in [0.29, 0.717) is 5.69 Å². The van der Waals surface area contributed by atoms with Crippen molar-refractivity contribution >= 4 is 5.97 Å². The van der Waals surface area contributed by atoms with Crippen LogP contribution >= 0.6 is 0 Å². The number of aromatic nitrogens is 2. The van der Waals surface area contributed by atoms with Gasteiger partial charge in [0.05, 0.1) is 12.8 Å². The Labute approximate surface area is 112 Å². The maximum atomic E-state index is 11.4. The number of carbonyl (C=O) groups excluding carboxylic acids is 1. The van der Waals surface area contributed by atoms with Crippen molar-refractivity contribution in [2.75, 3.05) is 7.11 Å². The van der Waals surface area contributed by atoms with Gasteiger partial charge in [-0.3, -0.25) is 5.10 Å². The van der Waals surface area contributed by atoms with Crippen molar-refractivity contribution in [2.45, 2.75) is 26.2 Å². The van der Waals surface area contributed by atoms with Crippen molar-refractivity contribution < 1.29 is 9.53 Å². The number of hydrogen-bond acceptors (Lipinski definition) is 3. The van der Waals surface area contributed by atoms with E-state index in [4.69, 9.17) is 0 Å². The Morgan fingerprint density at radius 3 is 2.37 bits per heavy atom. The second kappa shape index (κ2) is 4.88.